The van der Waals surface area contributed by atoms with E-state index in [1.165, 1.54) is 31.3 Å². The summed E-state index contributed by atoms with van der Waals surface area (Å²) in [6, 6.07) is 1.74. The molecule has 4 aliphatic heterocycles. The van der Waals surface area contributed by atoms with Crippen molar-refractivity contribution in [3.05, 3.63) is 47.3 Å². The van der Waals surface area contributed by atoms with Gasteiger partial charge in [-0.3, -0.25) is 38.2 Å². The van der Waals surface area contributed by atoms with Crippen LogP contribution in [0.5, 0.6) is 23.3 Å². The van der Waals surface area contributed by atoms with Crippen molar-refractivity contribution >= 4 is 89.7 Å². The number of hydrogen-bond acceptors (Lipinski definition) is 22. The van der Waals surface area contributed by atoms with Gasteiger partial charge in [0.1, 0.15) is 76.9 Å². The number of methoxy groups -OCH3 is 2. The van der Waals surface area contributed by atoms with Crippen LogP contribution >= 0.6 is 0 Å². The Kier molecular flexibility index (Phi) is 22.2. The fourth-order valence-electron chi connectivity index (χ4n) is 19.0. The van der Waals surface area contributed by atoms with E-state index in [1.807, 2.05) is 4.72 Å². The van der Waals surface area contributed by atoms with Crippen LogP contribution in [-0.4, -0.2) is 198 Å². The predicted octanol–water partition coefficient (Wildman–Crippen LogP) is 8.51. The smallest absolute Gasteiger partial charge is 0.408 e. The number of nitrogens with zero attached hydrogens (tertiary/aromatic N) is 6. The van der Waals surface area contributed by atoms with Crippen LogP contribution in [-0.2, 0) is 77.1 Å². The van der Waals surface area contributed by atoms with Gasteiger partial charge in [0.25, 0.3) is 17.7 Å². The molecule has 6 heterocycles. The van der Waals surface area contributed by atoms with Crippen molar-refractivity contribution in [2.24, 2.45) is 58.2 Å². The monoisotopic (exact) mass is 1670 g/mol. The molecule has 30 nitrogen and oxygen atoms in total. The van der Waals surface area contributed by atoms with Gasteiger partial charge in [-0.1, -0.05) is 81.1 Å². The molecular weight excluding hydrogens is 1570 g/mol. The molecule has 638 valence electrons. The summed E-state index contributed by atoms with van der Waals surface area (Å²) >= 11 is 0. The number of alkyl carbamates (subject to hydrolysis) is 2. The summed E-state index contributed by atoms with van der Waals surface area (Å²) in [5.74, 6) is -14.0. The first-order valence-corrected chi connectivity index (χ1v) is 44.4. The van der Waals surface area contributed by atoms with E-state index in [-0.39, 0.29) is 85.0 Å². The molecule has 117 heavy (non-hydrogen) atoms. The molecule has 2 saturated heterocycles. The van der Waals surface area contributed by atoms with E-state index < -0.39 is 222 Å². The number of alkyl halides is 4. The second kappa shape index (κ2) is 31.1. The summed E-state index contributed by atoms with van der Waals surface area (Å²) in [6.07, 6.45) is -2.93. The molecule has 7 saturated carbocycles. The maximum atomic E-state index is 17.9. The number of amides is 8. The van der Waals surface area contributed by atoms with Gasteiger partial charge in [0.2, 0.25) is 61.9 Å². The Morgan fingerprint density at radius 3 is 1.86 bits per heavy atom. The van der Waals surface area contributed by atoms with Crippen LogP contribution < -0.4 is 49.7 Å². The van der Waals surface area contributed by atoms with Crippen molar-refractivity contribution < 1.29 is 101 Å². The number of sulfonamides is 2. The van der Waals surface area contributed by atoms with Gasteiger partial charge in [-0.2, -0.15) is 8.78 Å². The molecule has 6 N–H and O–H groups in total. The zero-order chi connectivity index (χ0) is 83.7. The minimum absolute atomic E-state index is 0.0223. The molecule has 15 rings (SSSR count). The lowest BCUT2D eigenvalue weighted by molar-refractivity contribution is -0.144. The molecule has 8 amide bonds. The number of halogens is 4. The molecule has 1 unspecified atom stereocenters. The van der Waals surface area contributed by atoms with Gasteiger partial charge in [0.05, 0.1) is 65.8 Å². The Labute approximate surface area is 676 Å². The van der Waals surface area contributed by atoms with E-state index in [0.29, 0.717) is 85.7 Å². The molecule has 9 fully saturated rings. The predicted molar refractivity (Wildman–Crippen MR) is 413 cm³/mol. The van der Waals surface area contributed by atoms with Gasteiger partial charge < -0.3 is 59.5 Å². The summed E-state index contributed by atoms with van der Waals surface area (Å²) in [6.45, 7) is 12.5. The van der Waals surface area contributed by atoms with Crippen molar-refractivity contribution in [3.8, 4) is 23.3 Å². The topological polar surface area (TPSA) is 390 Å². The molecule has 4 aromatic rings. The summed E-state index contributed by atoms with van der Waals surface area (Å²) in [4.78, 5) is 142. The van der Waals surface area contributed by atoms with E-state index in [0.717, 1.165) is 30.6 Å². The summed E-state index contributed by atoms with van der Waals surface area (Å²) in [5.41, 5.74) is -6.25. The summed E-state index contributed by atoms with van der Waals surface area (Å²) in [5, 5.41) is 9.30. The molecule has 2 aromatic heterocycles. The molecule has 18 atom stereocenters. The second-order valence-electron chi connectivity index (χ2n) is 36.4. The summed E-state index contributed by atoms with van der Waals surface area (Å²) in [7, 11) is -5.62. The molecule has 0 radical (unpaired) electrons. The van der Waals surface area contributed by atoms with Gasteiger partial charge >= 0.3 is 12.2 Å². The van der Waals surface area contributed by atoms with Crippen molar-refractivity contribution in [2.75, 3.05) is 27.3 Å². The van der Waals surface area contributed by atoms with E-state index in [4.69, 9.17) is 48.4 Å². The van der Waals surface area contributed by atoms with Crippen molar-refractivity contribution in [1.82, 2.24) is 60.4 Å². The van der Waals surface area contributed by atoms with Gasteiger partial charge in [0, 0.05) is 30.4 Å². The standard InChI is InChI=1S/C81H106F4N12O18S2/c1-11-43-35-79(43,73(102)94-116(106,107)45-22-23-45)92-68(99)62-47(12-2)60-38-97(62)71(100)64(77(4,5)6)90-75(104)114-57-30-40(57)18-16-17-27-81(84,85)63-70(113-60)89-55-33-56(111-10)42(29-53(55)87-63)34-78(7,8)65-72(101)96-37-59(39(3)61(96)67(98)93-80(36-50(80)66(82)83)74(103)95-117(108,109)46-24-25-46)112-69-52(86-51-26-21-44(110-9)32-54(51)88-69)20-15-13-14-19-48-49-28-41(49)31-58(48)115-76(105)91-65/h21,26,29,32-33,39-41,43,45-50,57-62,64-66H,11-20,22-25,27-28,30-31,34-38H2,1-10H3,(H,90,104)(H,91,105)(H,92,99)(H,93,98)(H,94,102)(H,95,103)/t39-,40-,41?,43-,47-,48-,49+,50+,57-,58-,59+,60+,61+,62+,64-,65-,79-,80-/m1/s1. The average molecular weight is 1680 g/mol. The fraction of sp³-hybridized carbons (Fsp3) is 0.704. The third-order valence-corrected chi connectivity index (χ3v) is 30.2. The van der Waals surface area contributed by atoms with Crippen molar-refractivity contribution in [3.63, 3.8) is 0 Å². The minimum Gasteiger partial charge on any atom is -0.497 e. The number of rotatable bonds is 18. The molecule has 11 aliphatic rings. The Morgan fingerprint density at radius 1 is 0.624 bits per heavy atom. The lowest BCUT2D eigenvalue weighted by Gasteiger charge is -2.38. The molecule has 0 spiro atoms. The normalized spacial score (nSPS) is 32.6. The number of hydrogen-bond donors (Lipinski definition) is 6. The first-order valence-electron chi connectivity index (χ1n) is 41.4. The molecule has 36 heteroatoms. The van der Waals surface area contributed by atoms with Gasteiger partial charge in [0.15, 0.2) is 5.69 Å². The molecule has 4 bridgehead atoms. The molecule has 7 aliphatic carbocycles. The highest BCUT2D eigenvalue weighted by atomic mass is 32.2. The number of ether oxygens (including phenoxy) is 6. The van der Waals surface area contributed by atoms with Gasteiger partial charge in [-0.15, -0.1) is 0 Å². The minimum atomic E-state index is -4.35. The number of carbonyl (C=O) groups is 8. The van der Waals surface area contributed by atoms with Gasteiger partial charge in [-0.25, -0.2) is 55.1 Å². The van der Waals surface area contributed by atoms with Crippen LogP contribution in [0.3, 0.4) is 0 Å². The SMILES string of the molecule is CC[C@@H]1[C@@H]2CN(C(=O)[C@H](C(C)(C)C)NC(=O)O[C@@H]3C[C@H]3CCCCC(F)(F)c3nc4cc(CC(C)(C)[C@@H]5NC(=O)O[C@@H]6CC7C[C@@H]7[C@H]6CCCCCc6nc7ccc(OC)cc7nc6O[C@H]6CN(C5=O)[C@H](C(=O)N[C@]5(C(=O)NS(=O)(=O)C7CC7)C[C@H]5C(F)F)[C@@H]6C)c(OC)cc4nc3O2)[C@@H]1C(=O)N[C@]1(C(=O)NS(=O)(=O)C2CC2)C[C@H]1CC. The highest BCUT2D eigenvalue weighted by Crippen LogP contribution is 2.58. The third-order valence-electron chi connectivity index (χ3n) is 26.6. The van der Waals surface area contributed by atoms with Crippen LogP contribution in [0.25, 0.3) is 22.1 Å². The average Bonchev–Trinajstić information content (AvgIpc) is 1.56. The second-order valence-corrected chi connectivity index (χ2v) is 40.3. The van der Waals surface area contributed by atoms with E-state index in [9.17, 15) is 31.2 Å². The zero-order valence-corrected chi connectivity index (χ0v) is 69.1. The van der Waals surface area contributed by atoms with Crippen LogP contribution in [0.2, 0.25) is 0 Å². The molecule has 2 aromatic carbocycles. The lowest BCUT2D eigenvalue weighted by atomic mass is 9.77. The van der Waals surface area contributed by atoms with Crippen LogP contribution in [0.4, 0.5) is 27.2 Å². The summed E-state index contributed by atoms with van der Waals surface area (Å²) < 4.78 is 161. The Hall–Kier alpha value is -8.70. The van der Waals surface area contributed by atoms with Crippen molar-refractivity contribution in [1.29, 1.82) is 0 Å². The fourth-order valence-corrected chi connectivity index (χ4v) is 21.8. The number of nitrogens with one attached hydrogen (secondary N) is 6. The highest BCUT2D eigenvalue weighted by molar-refractivity contribution is 7.91. The maximum Gasteiger partial charge on any atom is 0.408 e. The Balaban J connectivity index is 0.800. The third kappa shape index (κ3) is 16.7. The number of benzene rings is 2. The number of carbonyl (C=O) groups excluding carboxylic acids is 8. The first kappa shape index (κ1) is 83.4. The molecular formula is C81H106F4N12O18S2. The largest absolute Gasteiger partial charge is 0.497 e. The maximum absolute atomic E-state index is 17.9. The van der Waals surface area contributed by atoms with E-state index in [2.05, 4.69) is 26.0 Å². The van der Waals surface area contributed by atoms with Crippen molar-refractivity contribution in [2.45, 2.75) is 273 Å². The number of fused-ring (bicyclic) bond motifs is 12. The Bertz CT molecular complexity index is 4880. The number of aromatic nitrogens is 4. The van der Waals surface area contributed by atoms with Gasteiger partial charge in [-0.05, 0) is 167 Å². The van der Waals surface area contributed by atoms with E-state index in [1.54, 1.807) is 73.6 Å². The Morgan fingerprint density at radius 2 is 1.22 bits per heavy atom. The zero-order valence-electron chi connectivity index (χ0n) is 67.5. The number of aryl methyl sites for hydroxylation is 1. The van der Waals surface area contributed by atoms with Crippen LogP contribution in [0.1, 0.15) is 194 Å². The quantitative estimate of drug-likeness (QED) is 0.0508. The van der Waals surface area contributed by atoms with Crippen LogP contribution in [0.15, 0.2) is 30.3 Å². The van der Waals surface area contributed by atoms with Crippen LogP contribution in [0, 0.1) is 58.2 Å². The highest BCUT2D eigenvalue weighted by Gasteiger charge is 2.68. The van der Waals surface area contributed by atoms with E-state index >= 15 is 41.5 Å². The first-order chi connectivity index (χ1) is 55.3. The lowest BCUT2D eigenvalue weighted by Crippen LogP contribution is -2.61.